The molecule has 0 radical (unpaired) electrons. The molecule has 3 rings (SSSR count). The summed E-state index contributed by atoms with van der Waals surface area (Å²) < 4.78 is 0. The van der Waals surface area contributed by atoms with Gasteiger partial charge in [-0.2, -0.15) is 0 Å². The Morgan fingerprint density at radius 1 is 1.33 bits per heavy atom. The number of carbonyl (C=O) groups is 1. The summed E-state index contributed by atoms with van der Waals surface area (Å²) in [4.78, 5) is 20.4. The zero-order valence-corrected chi connectivity index (χ0v) is 17.6. The molecule has 27 heavy (non-hydrogen) atoms. The molecular weight excluding hydrogens is 356 g/mol. The van der Waals surface area contributed by atoms with Gasteiger partial charge in [0.05, 0.1) is 6.54 Å². The third kappa shape index (κ3) is 5.03. The Bertz CT molecular complexity index is 622. The normalized spacial score (nSPS) is 22.7. The lowest BCUT2D eigenvalue weighted by molar-refractivity contribution is -0.129. The summed E-state index contributed by atoms with van der Waals surface area (Å²) in [6.07, 6.45) is 7.99. The van der Waals surface area contributed by atoms with Crippen LogP contribution in [0.25, 0.3) is 0 Å². The maximum Gasteiger partial charge on any atom is 0.222 e. The van der Waals surface area contributed by atoms with E-state index in [1.165, 1.54) is 37.0 Å². The van der Waals surface area contributed by atoms with Crippen LogP contribution in [0.15, 0.2) is 22.5 Å². The van der Waals surface area contributed by atoms with Crippen molar-refractivity contribution in [2.75, 3.05) is 26.2 Å². The number of thiophene rings is 1. The summed E-state index contributed by atoms with van der Waals surface area (Å²) in [5.41, 5.74) is 0.203. The van der Waals surface area contributed by atoms with Crippen molar-refractivity contribution in [3.05, 3.63) is 22.4 Å². The van der Waals surface area contributed by atoms with Crippen molar-refractivity contribution in [1.29, 1.82) is 0 Å². The van der Waals surface area contributed by atoms with E-state index in [0.29, 0.717) is 12.5 Å². The van der Waals surface area contributed by atoms with Gasteiger partial charge in [-0.1, -0.05) is 32.3 Å². The number of carbonyl (C=O) groups excluding carboxylic acids is 1. The van der Waals surface area contributed by atoms with Crippen molar-refractivity contribution in [3.63, 3.8) is 0 Å². The molecule has 5 nitrogen and oxygen atoms in total. The number of likely N-dealkylation sites (tertiary alicyclic amines) is 1. The molecule has 1 amide bonds. The van der Waals surface area contributed by atoms with Crippen LogP contribution in [0.3, 0.4) is 0 Å². The molecular formula is C21H34N4OS. The summed E-state index contributed by atoms with van der Waals surface area (Å²) >= 11 is 1.88. The van der Waals surface area contributed by atoms with Crippen LogP contribution in [0.5, 0.6) is 0 Å². The predicted molar refractivity (Wildman–Crippen MR) is 113 cm³/mol. The molecule has 2 N–H and O–H groups in total. The number of nitrogens with one attached hydrogen (secondary N) is 2. The Kier molecular flexibility index (Phi) is 7.16. The molecule has 1 saturated carbocycles. The molecule has 1 saturated heterocycles. The number of rotatable bonds is 6. The SMILES string of the molecule is CCNC(=NCC1(c2cccs2)CCCCC1)NC1CCN(C(=O)CC)C1. The van der Waals surface area contributed by atoms with Crippen LogP contribution in [0, 0.1) is 0 Å². The van der Waals surface area contributed by atoms with Gasteiger partial charge in [0.1, 0.15) is 0 Å². The van der Waals surface area contributed by atoms with E-state index in [0.717, 1.165) is 38.6 Å². The maximum atomic E-state index is 11.9. The van der Waals surface area contributed by atoms with E-state index in [2.05, 4.69) is 35.1 Å². The van der Waals surface area contributed by atoms with Gasteiger partial charge in [0.25, 0.3) is 0 Å². The quantitative estimate of drug-likeness (QED) is 0.577. The first-order valence-electron chi connectivity index (χ1n) is 10.5. The minimum atomic E-state index is 0.203. The van der Waals surface area contributed by atoms with E-state index < -0.39 is 0 Å². The highest BCUT2D eigenvalue weighted by atomic mass is 32.1. The third-order valence-electron chi connectivity index (χ3n) is 5.92. The van der Waals surface area contributed by atoms with Crippen LogP contribution >= 0.6 is 11.3 Å². The van der Waals surface area contributed by atoms with Gasteiger partial charge < -0.3 is 15.5 Å². The molecule has 2 fully saturated rings. The fraction of sp³-hybridized carbons (Fsp3) is 0.714. The molecule has 0 bridgehead atoms. The average molecular weight is 391 g/mol. The monoisotopic (exact) mass is 390 g/mol. The number of amides is 1. The van der Waals surface area contributed by atoms with Crippen molar-refractivity contribution in [2.45, 2.75) is 70.3 Å². The Labute approximate surface area is 167 Å². The Morgan fingerprint density at radius 2 is 2.15 bits per heavy atom. The standard InChI is InChI=1S/C21H34N4OS/c1-3-19(26)25-13-10-17(15-25)24-20(22-4-2)23-16-21(11-6-5-7-12-21)18-9-8-14-27-18/h8-9,14,17H,3-7,10-13,15-16H2,1-2H3,(H2,22,23,24). The van der Waals surface area contributed by atoms with Crippen molar-refractivity contribution in [1.82, 2.24) is 15.5 Å². The van der Waals surface area contributed by atoms with Crippen molar-refractivity contribution >= 4 is 23.2 Å². The number of hydrogen-bond acceptors (Lipinski definition) is 3. The topological polar surface area (TPSA) is 56.7 Å². The maximum absolute atomic E-state index is 11.9. The van der Waals surface area contributed by atoms with E-state index in [-0.39, 0.29) is 11.3 Å². The molecule has 1 atom stereocenters. The van der Waals surface area contributed by atoms with Crippen LogP contribution in [-0.2, 0) is 10.2 Å². The van der Waals surface area contributed by atoms with Gasteiger partial charge in [-0.15, -0.1) is 11.3 Å². The first kappa shape index (κ1) is 20.2. The van der Waals surface area contributed by atoms with E-state index in [1.807, 2.05) is 23.2 Å². The van der Waals surface area contributed by atoms with E-state index in [4.69, 9.17) is 4.99 Å². The van der Waals surface area contributed by atoms with Crippen LogP contribution in [0.4, 0.5) is 0 Å². The Morgan fingerprint density at radius 3 is 2.81 bits per heavy atom. The number of aliphatic imine (C=N–C) groups is 1. The molecule has 1 aliphatic heterocycles. The largest absolute Gasteiger partial charge is 0.357 e. The molecule has 0 spiro atoms. The van der Waals surface area contributed by atoms with Gasteiger partial charge in [0.15, 0.2) is 5.96 Å². The molecule has 2 aliphatic rings. The van der Waals surface area contributed by atoms with E-state index >= 15 is 0 Å². The van der Waals surface area contributed by atoms with Crippen LogP contribution in [-0.4, -0.2) is 49.0 Å². The molecule has 1 aromatic rings. The molecule has 1 aliphatic carbocycles. The van der Waals surface area contributed by atoms with E-state index in [1.54, 1.807) is 0 Å². The Balaban J connectivity index is 1.67. The van der Waals surface area contributed by atoms with Crippen LogP contribution in [0.1, 0.15) is 63.7 Å². The highest BCUT2D eigenvalue weighted by Gasteiger charge is 2.35. The van der Waals surface area contributed by atoms with Gasteiger partial charge >= 0.3 is 0 Å². The van der Waals surface area contributed by atoms with Crippen molar-refractivity contribution in [2.24, 2.45) is 4.99 Å². The molecule has 6 heteroatoms. The molecule has 150 valence electrons. The summed E-state index contributed by atoms with van der Waals surface area (Å²) in [5.74, 6) is 1.15. The summed E-state index contributed by atoms with van der Waals surface area (Å²) in [5, 5.41) is 9.18. The lowest BCUT2D eigenvalue weighted by atomic mass is 9.73. The first-order valence-corrected chi connectivity index (χ1v) is 11.4. The van der Waals surface area contributed by atoms with Crippen molar-refractivity contribution in [3.8, 4) is 0 Å². The van der Waals surface area contributed by atoms with E-state index in [9.17, 15) is 4.79 Å². The number of guanidine groups is 1. The molecule has 2 heterocycles. The fourth-order valence-electron chi connectivity index (χ4n) is 4.36. The lowest BCUT2D eigenvalue weighted by Crippen LogP contribution is -2.46. The van der Waals surface area contributed by atoms with Gasteiger partial charge in [0.2, 0.25) is 5.91 Å². The second-order valence-corrected chi connectivity index (χ2v) is 8.78. The van der Waals surface area contributed by atoms with Gasteiger partial charge in [0, 0.05) is 42.4 Å². The third-order valence-corrected chi connectivity index (χ3v) is 7.04. The zero-order valence-electron chi connectivity index (χ0n) is 16.8. The summed E-state index contributed by atoms with van der Waals surface area (Å²) in [7, 11) is 0. The van der Waals surface area contributed by atoms with Gasteiger partial charge in [-0.05, 0) is 37.6 Å². The van der Waals surface area contributed by atoms with Crippen LogP contribution < -0.4 is 10.6 Å². The van der Waals surface area contributed by atoms with Gasteiger partial charge in [-0.25, -0.2) is 0 Å². The smallest absolute Gasteiger partial charge is 0.222 e. The van der Waals surface area contributed by atoms with Crippen LogP contribution in [0.2, 0.25) is 0 Å². The molecule has 0 aromatic carbocycles. The summed E-state index contributed by atoms with van der Waals surface area (Å²) in [6, 6.07) is 4.75. The predicted octanol–water partition coefficient (Wildman–Crippen LogP) is 3.52. The second-order valence-electron chi connectivity index (χ2n) is 7.84. The minimum absolute atomic E-state index is 0.203. The highest BCUT2D eigenvalue weighted by Crippen LogP contribution is 2.41. The number of hydrogen-bond donors (Lipinski definition) is 2. The van der Waals surface area contributed by atoms with Gasteiger partial charge in [-0.3, -0.25) is 9.79 Å². The second kappa shape index (κ2) is 9.58. The molecule has 1 unspecified atom stereocenters. The van der Waals surface area contributed by atoms with Crippen molar-refractivity contribution < 1.29 is 4.79 Å². The average Bonchev–Trinajstić information content (AvgIpc) is 3.39. The first-order chi connectivity index (χ1) is 13.2. The fourth-order valence-corrected chi connectivity index (χ4v) is 5.34. The molecule has 1 aromatic heterocycles. The summed E-state index contributed by atoms with van der Waals surface area (Å²) in [6.45, 7) is 7.36. The lowest BCUT2D eigenvalue weighted by Gasteiger charge is -2.35. The minimum Gasteiger partial charge on any atom is -0.357 e. The highest BCUT2D eigenvalue weighted by molar-refractivity contribution is 7.10. The zero-order chi connectivity index (χ0) is 19.1. The Hall–Kier alpha value is -1.56. The number of nitrogens with zero attached hydrogens (tertiary/aromatic N) is 2.